The number of benzene rings is 2. The van der Waals surface area contributed by atoms with Gasteiger partial charge in [0.15, 0.2) is 0 Å². The standard InChI is InChI=1S/C20H22O4/c1-15(13-20(21)22-3)16(2)14-23-17-9-11-19(12-10-17)24-18-7-5-4-6-8-18/h4-12H,13-14H2,1-3H3. The third kappa shape index (κ3) is 5.47. The van der Waals surface area contributed by atoms with E-state index in [1.165, 1.54) is 7.11 Å². The second-order valence-corrected chi connectivity index (χ2v) is 5.49. The highest BCUT2D eigenvalue weighted by molar-refractivity contribution is 5.72. The summed E-state index contributed by atoms with van der Waals surface area (Å²) in [7, 11) is 1.39. The summed E-state index contributed by atoms with van der Waals surface area (Å²) in [6.07, 6.45) is 0.287. The summed E-state index contributed by atoms with van der Waals surface area (Å²) < 4.78 is 16.1. The topological polar surface area (TPSA) is 44.8 Å². The molecular formula is C20H22O4. The van der Waals surface area contributed by atoms with Gasteiger partial charge in [-0.2, -0.15) is 0 Å². The smallest absolute Gasteiger partial charge is 0.309 e. The molecule has 0 radical (unpaired) electrons. The molecule has 2 aromatic rings. The van der Waals surface area contributed by atoms with Crippen molar-refractivity contribution >= 4 is 5.97 Å². The quantitative estimate of drug-likeness (QED) is 0.544. The minimum Gasteiger partial charge on any atom is -0.489 e. The van der Waals surface area contributed by atoms with Gasteiger partial charge >= 0.3 is 5.97 Å². The van der Waals surface area contributed by atoms with Crippen molar-refractivity contribution in [1.29, 1.82) is 0 Å². The first-order valence-corrected chi connectivity index (χ1v) is 7.76. The van der Waals surface area contributed by atoms with Gasteiger partial charge in [-0.05, 0) is 55.8 Å². The highest BCUT2D eigenvalue weighted by Crippen LogP contribution is 2.24. The van der Waals surface area contributed by atoms with E-state index in [4.69, 9.17) is 9.47 Å². The molecule has 0 unspecified atom stereocenters. The Morgan fingerprint density at radius 2 is 1.42 bits per heavy atom. The minimum atomic E-state index is -0.241. The average molecular weight is 326 g/mol. The Morgan fingerprint density at radius 1 is 0.833 bits per heavy atom. The average Bonchev–Trinajstić information content (AvgIpc) is 2.61. The molecule has 0 aliphatic carbocycles. The fourth-order valence-electron chi connectivity index (χ4n) is 1.98. The Hall–Kier alpha value is -2.75. The van der Waals surface area contributed by atoms with Crippen LogP contribution in [0.3, 0.4) is 0 Å². The molecule has 0 aliphatic heterocycles. The van der Waals surface area contributed by atoms with Gasteiger partial charge in [-0.25, -0.2) is 0 Å². The second kappa shape index (κ2) is 8.77. The Morgan fingerprint density at radius 3 is 2.04 bits per heavy atom. The molecule has 0 saturated heterocycles. The van der Waals surface area contributed by atoms with E-state index < -0.39 is 0 Å². The van der Waals surface area contributed by atoms with Crippen molar-refractivity contribution in [2.24, 2.45) is 0 Å². The van der Waals surface area contributed by atoms with Crippen LogP contribution in [0.15, 0.2) is 65.7 Å². The molecule has 0 N–H and O–H groups in total. The van der Waals surface area contributed by atoms with E-state index in [1.807, 2.05) is 68.4 Å². The predicted octanol–water partition coefficient (Wildman–Crippen LogP) is 4.76. The van der Waals surface area contributed by atoms with Crippen molar-refractivity contribution in [3.8, 4) is 17.2 Å². The number of carbonyl (C=O) groups excluding carboxylic acids is 1. The molecule has 0 spiro atoms. The van der Waals surface area contributed by atoms with Crippen LogP contribution >= 0.6 is 0 Å². The first-order valence-electron chi connectivity index (χ1n) is 7.76. The van der Waals surface area contributed by atoms with Gasteiger partial charge in [0.05, 0.1) is 13.5 Å². The first kappa shape index (κ1) is 17.6. The van der Waals surface area contributed by atoms with Crippen LogP contribution < -0.4 is 9.47 Å². The Labute approximate surface area is 142 Å². The molecule has 126 valence electrons. The van der Waals surface area contributed by atoms with E-state index in [1.54, 1.807) is 0 Å². The van der Waals surface area contributed by atoms with Crippen LogP contribution in [0, 0.1) is 0 Å². The van der Waals surface area contributed by atoms with Crippen LogP contribution in [0.25, 0.3) is 0 Å². The lowest BCUT2D eigenvalue weighted by atomic mass is 10.1. The van der Waals surface area contributed by atoms with Crippen LogP contribution in [0.4, 0.5) is 0 Å². The zero-order chi connectivity index (χ0) is 17.4. The molecule has 4 heteroatoms. The summed E-state index contributed by atoms with van der Waals surface area (Å²) in [6, 6.07) is 17.1. The van der Waals surface area contributed by atoms with Crippen LogP contribution in [0.5, 0.6) is 17.2 Å². The zero-order valence-electron chi connectivity index (χ0n) is 14.2. The summed E-state index contributed by atoms with van der Waals surface area (Å²) in [5.74, 6) is 2.06. The summed E-state index contributed by atoms with van der Waals surface area (Å²) in [6.45, 7) is 4.29. The molecule has 0 fully saturated rings. The van der Waals surface area contributed by atoms with Crippen LogP contribution in [-0.4, -0.2) is 19.7 Å². The lowest BCUT2D eigenvalue weighted by molar-refractivity contribution is -0.139. The van der Waals surface area contributed by atoms with Crippen LogP contribution in [0.1, 0.15) is 20.3 Å². The number of para-hydroxylation sites is 1. The maximum absolute atomic E-state index is 11.3. The molecule has 0 amide bonds. The van der Waals surface area contributed by atoms with Crippen molar-refractivity contribution in [2.45, 2.75) is 20.3 Å². The lowest BCUT2D eigenvalue weighted by Crippen LogP contribution is -2.05. The van der Waals surface area contributed by atoms with E-state index >= 15 is 0 Å². The first-order chi connectivity index (χ1) is 11.6. The molecule has 0 aliphatic rings. The van der Waals surface area contributed by atoms with Gasteiger partial charge in [0, 0.05) is 0 Å². The highest BCUT2D eigenvalue weighted by atomic mass is 16.5. The van der Waals surface area contributed by atoms with Gasteiger partial charge in [-0.1, -0.05) is 23.8 Å². The molecule has 0 bridgehead atoms. The number of ether oxygens (including phenoxy) is 3. The van der Waals surface area contributed by atoms with Gasteiger partial charge in [0.25, 0.3) is 0 Å². The minimum absolute atomic E-state index is 0.241. The molecule has 4 nitrogen and oxygen atoms in total. The third-order valence-corrected chi connectivity index (χ3v) is 3.62. The van der Waals surface area contributed by atoms with Crippen molar-refractivity contribution in [2.75, 3.05) is 13.7 Å². The summed E-state index contributed by atoms with van der Waals surface area (Å²) >= 11 is 0. The van der Waals surface area contributed by atoms with Crippen molar-refractivity contribution in [3.63, 3.8) is 0 Å². The molecular weight excluding hydrogens is 304 g/mol. The monoisotopic (exact) mass is 326 g/mol. The summed E-state index contributed by atoms with van der Waals surface area (Å²) in [4.78, 5) is 11.3. The van der Waals surface area contributed by atoms with Crippen molar-refractivity contribution in [3.05, 3.63) is 65.7 Å². The van der Waals surface area contributed by atoms with E-state index in [9.17, 15) is 4.79 Å². The Kier molecular flexibility index (Phi) is 6.43. The fourth-order valence-corrected chi connectivity index (χ4v) is 1.98. The van der Waals surface area contributed by atoms with Crippen molar-refractivity contribution in [1.82, 2.24) is 0 Å². The van der Waals surface area contributed by atoms with Gasteiger partial charge in [-0.3, -0.25) is 4.79 Å². The number of esters is 1. The summed E-state index contributed by atoms with van der Waals surface area (Å²) in [5, 5.41) is 0. The highest BCUT2D eigenvalue weighted by Gasteiger charge is 2.06. The lowest BCUT2D eigenvalue weighted by Gasteiger charge is -2.10. The molecule has 0 atom stereocenters. The van der Waals surface area contributed by atoms with Crippen molar-refractivity contribution < 1.29 is 19.0 Å². The van der Waals surface area contributed by atoms with Crippen LogP contribution in [-0.2, 0) is 9.53 Å². The van der Waals surface area contributed by atoms with Gasteiger partial charge < -0.3 is 14.2 Å². The molecule has 0 heterocycles. The number of rotatable bonds is 7. The van der Waals surface area contributed by atoms with Crippen LogP contribution in [0.2, 0.25) is 0 Å². The molecule has 24 heavy (non-hydrogen) atoms. The maximum atomic E-state index is 11.3. The SMILES string of the molecule is COC(=O)CC(C)=C(C)COc1ccc(Oc2ccccc2)cc1. The molecule has 0 aromatic heterocycles. The fraction of sp³-hybridized carbons (Fsp3) is 0.250. The normalized spacial score (nSPS) is 11.5. The van der Waals surface area contributed by atoms with Gasteiger partial charge in [-0.15, -0.1) is 0 Å². The summed E-state index contributed by atoms with van der Waals surface area (Å²) in [5.41, 5.74) is 1.98. The number of methoxy groups -OCH3 is 1. The largest absolute Gasteiger partial charge is 0.489 e. The second-order valence-electron chi connectivity index (χ2n) is 5.49. The van der Waals surface area contributed by atoms with E-state index in [-0.39, 0.29) is 12.4 Å². The zero-order valence-corrected chi connectivity index (χ0v) is 14.2. The number of hydrogen-bond donors (Lipinski definition) is 0. The van der Waals surface area contributed by atoms with E-state index in [2.05, 4.69) is 4.74 Å². The molecule has 0 saturated carbocycles. The van der Waals surface area contributed by atoms with E-state index in [0.717, 1.165) is 28.4 Å². The Bertz CT molecular complexity index is 687. The van der Waals surface area contributed by atoms with E-state index in [0.29, 0.717) is 6.61 Å². The van der Waals surface area contributed by atoms with Gasteiger partial charge in [0.2, 0.25) is 0 Å². The molecule has 2 rings (SSSR count). The molecule has 2 aromatic carbocycles. The number of carbonyl (C=O) groups is 1. The third-order valence-electron chi connectivity index (χ3n) is 3.62. The maximum Gasteiger partial charge on any atom is 0.309 e. The number of hydrogen-bond acceptors (Lipinski definition) is 4. The van der Waals surface area contributed by atoms with Gasteiger partial charge in [0.1, 0.15) is 23.9 Å². The Balaban J connectivity index is 1.90. The predicted molar refractivity (Wildman–Crippen MR) is 93.5 cm³/mol.